The molecule has 4 aromatic carbocycles. The van der Waals surface area contributed by atoms with Crippen LogP contribution in [-0.4, -0.2) is 56.2 Å². The van der Waals surface area contributed by atoms with Crippen molar-refractivity contribution in [2.24, 2.45) is 0 Å². The van der Waals surface area contributed by atoms with Crippen LogP contribution < -0.4 is 18.9 Å². The van der Waals surface area contributed by atoms with E-state index < -0.39 is 5.97 Å². The summed E-state index contributed by atoms with van der Waals surface area (Å²) in [5, 5.41) is 2.34. The van der Waals surface area contributed by atoms with Crippen LogP contribution in [0.2, 0.25) is 0 Å². The minimum absolute atomic E-state index is 0.171. The normalized spacial score (nSPS) is 13.7. The fourth-order valence-corrected chi connectivity index (χ4v) is 6.12. The van der Waals surface area contributed by atoms with Gasteiger partial charge in [0.1, 0.15) is 28.6 Å². The summed E-state index contributed by atoms with van der Waals surface area (Å²) < 4.78 is 43.1. The number of carbonyl (C=O) groups excluding carboxylic acids is 2. The highest BCUT2D eigenvalue weighted by atomic mass is 16.7. The molecule has 0 heterocycles. The first-order chi connectivity index (χ1) is 30.1. The molecule has 0 bridgehead atoms. The van der Waals surface area contributed by atoms with Crippen molar-refractivity contribution in [2.45, 2.75) is 119 Å². The summed E-state index contributed by atoms with van der Waals surface area (Å²) in [7, 11) is 0. The van der Waals surface area contributed by atoms with E-state index in [0.29, 0.717) is 42.5 Å². The number of fused-ring (bicyclic) bond motifs is 1. The van der Waals surface area contributed by atoms with Crippen LogP contribution >= 0.6 is 0 Å². The molecule has 342 valence electrons. The Hall–Kier alpha value is -5.68. The molecule has 0 spiro atoms. The second-order valence-corrected chi connectivity index (χ2v) is 14.7. The van der Waals surface area contributed by atoms with Crippen molar-refractivity contribution in [3.05, 3.63) is 134 Å². The predicted octanol–water partition coefficient (Wildman–Crippen LogP) is 13.1. The van der Waals surface area contributed by atoms with Gasteiger partial charge in [-0.2, -0.15) is 0 Å². The van der Waals surface area contributed by atoms with Gasteiger partial charge in [-0.3, -0.25) is 0 Å². The highest BCUT2D eigenvalue weighted by Crippen LogP contribution is 2.36. The second-order valence-electron chi connectivity index (χ2n) is 14.7. The molecule has 1 fully saturated rings. The third-order valence-electron chi connectivity index (χ3n) is 9.50. The molecule has 1 saturated carbocycles. The van der Waals surface area contributed by atoms with Gasteiger partial charge in [0.25, 0.3) is 0 Å². The van der Waals surface area contributed by atoms with Crippen LogP contribution in [0.25, 0.3) is 22.9 Å². The van der Waals surface area contributed by atoms with Gasteiger partial charge < -0.3 is 37.9 Å². The Labute approximate surface area is 376 Å². The third-order valence-corrected chi connectivity index (χ3v) is 9.50. The van der Waals surface area contributed by atoms with E-state index in [1.807, 2.05) is 90.1 Å². The minimum atomic E-state index is -0.439. The van der Waals surface area contributed by atoms with Gasteiger partial charge in [-0.05, 0) is 164 Å². The molecule has 3 unspecified atom stereocenters. The Morgan fingerprint density at radius 2 is 0.968 bits per heavy atom. The Morgan fingerprint density at radius 1 is 0.571 bits per heavy atom. The van der Waals surface area contributed by atoms with Gasteiger partial charge in [-0.25, -0.2) is 9.59 Å². The Balaban J connectivity index is 0.000000292. The molecule has 0 aliphatic heterocycles. The molecule has 0 radical (unpaired) electrons. The summed E-state index contributed by atoms with van der Waals surface area (Å²) in [5.41, 5.74) is 2.90. The molecule has 3 atom stereocenters. The van der Waals surface area contributed by atoms with Gasteiger partial charge in [-0.1, -0.05) is 75.7 Å². The van der Waals surface area contributed by atoms with Gasteiger partial charge in [0.2, 0.25) is 0 Å². The van der Waals surface area contributed by atoms with Crippen LogP contribution in [0.5, 0.6) is 23.0 Å². The van der Waals surface area contributed by atoms with Crippen molar-refractivity contribution in [1.82, 2.24) is 0 Å². The lowest BCUT2D eigenvalue weighted by atomic mass is 9.99. The molecule has 0 aromatic heterocycles. The average Bonchev–Trinajstić information content (AvgIpc) is 3.74. The zero-order chi connectivity index (χ0) is 46.8. The van der Waals surface area contributed by atoms with Crippen LogP contribution in [0.3, 0.4) is 0 Å². The van der Waals surface area contributed by atoms with Crippen molar-refractivity contribution in [2.75, 3.05) is 19.8 Å². The number of ether oxygens (including phenoxy) is 8. The predicted molar refractivity (Wildman–Crippen MR) is 255 cm³/mol. The van der Waals surface area contributed by atoms with Crippen LogP contribution in [0.15, 0.2) is 122 Å². The first kappa shape index (κ1) is 53.5. The van der Waals surface area contributed by atoms with E-state index in [4.69, 9.17) is 37.9 Å². The molecule has 0 saturated heterocycles. The Bertz CT molecular complexity index is 2010. The number of benzene rings is 4. The quantitative estimate of drug-likeness (QED) is 0.0391. The fourth-order valence-electron chi connectivity index (χ4n) is 6.12. The largest absolute Gasteiger partial charge is 0.465 e. The van der Waals surface area contributed by atoms with Crippen LogP contribution in [-0.2, 0) is 28.5 Å². The lowest BCUT2D eigenvalue weighted by Gasteiger charge is -2.27. The van der Waals surface area contributed by atoms with E-state index in [1.54, 1.807) is 44.2 Å². The molecular weight excluding hydrogens is 797 g/mol. The first-order valence-corrected chi connectivity index (χ1v) is 21.7. The van der Waals surface area contributed by atoms with Gasteiger partial charge in [0.05, 0.1) is 0 Å². The molecular formula is C53H70O10. The van der Waals surface area contributed by atoms with E-state index in [9.17, 15) is 9.59 Å². The van der Waals surface area contributed by atoms with E-state index in [-0.39, 0.29) is 30.4 Å². The molecule has 10 nitrogen and oxygen atoms in total. The van der Waals surface area contributed by atoms with Crippen LogP contribution in [0, 0.1) is 0 Å². The summed E-state index contributed by atoms with van der Waals surface area (Å²) in [6.07, 6.45) is 8.23. The first-order valence-electron chi connectivity index (χ1n) is 21.7. The highest BCUT2D eigenvalue weighted by Gasteiger charge is 2.35. The smallest absolute Gasteiger partial charge is 0.338 e. The SMILES string of the molecule is C=C(C)C(=O)OC1(CC)CCCC1.C=C(C)C(=O)Oc1ccc(OC(C)OCC)cc1.C=Cc1ccc(OC(C)OCC)cc1.C=Cc1ccc2cc(OC(C)OCC)ccc2c1. The summed E-state index contributed by atoms with van der Waals surface area (Å²) in [5.74, 6) is 2.09. The van der Waals surface area contributed by atoms with E-state index in [0.717, 1.165) is 47.3 Å². The van der Waals surface area contributed by atoms with E-state index >= 15 is 0 Å². The molecule has 1 aliphatic rings. The van der Waals surface area contributed by atoms with Crippen LogP contribution in [0.1, 0.15) is 106 Å². The lowest BCUT2D eigenvalue weighted by Crippen LogP contribution is -2.31. The molecule has 0 amide bonds. The van der Waals surface area contributed by atoms with Gasteiger partial charge in [-0.15, -0.1) is 0 Å². The monoisotopic (exact) mass is 866 g/mol. The van der Waals surface area contributed by atoms with Crippen LogP contribution in [0.4, 0.5) is 0 Å². The van der Waals surface area contributed by atoms with Crippen molar-refractivity contribution in [3.63, 3.8) is 0 Å². The third kappa shape index (κ3) is 20.4. The van der Waals surface area contributed by atoms with Gasteiger partial charge >= 0.3 is 11.9 Å². The van der Waals surface area contributed by atoms with Crippen molar-refractivity contribution in [1.29, 1.82) is 0 Å². The summed E-state index contributed by atoms with van der Waals surface area (Å²) >= 11 is 0. The maximum Gasteiger partial charge on any atom is 0.338 e. The molecule has 10 heteroatoms. The summed E-state index contributed by atoms with van der Waals surface area (Å²) in [4.78, 5) is 22.6. The van der Waals surface area contributed by atoms with E-state index in [2.05, 4.69) is 51.4 Å². The minimum Gasteiger partial charge on any atom is -0.465 e. The molecule has 1 aliphatic carbocycles. The number of esters is 2. The van der Waals surface area contributed by atoms with E-state index in [1.165, 1.54) is 18.2 Å². The summed E-state index contributed by atoms with van der Waals surface area (Å²) in [6.45, 7) is 33.2. The Morgan fingerprint density at radius 3 is 1.41 bits per heavy atom. The number of carbonyl (C=O) groups is 2. The topological polar surface area (TPSA) is 108 Å². The molecule has 5 rings (SSSR count). The average molecular weight is 867 g/mol. The number of hydrogen-bond acceptors (Lipinski definition) is 10. The molecule has 4 aromatic rings. The maximum atomic E-state index is 11.3. The Kier molecular flexibility index (Phi) is 24.5. The van der Waals surface area contributed by atoms with Gasteiger partial charge in [0.15, 0.2) is 18.9 Å². The van der Waals surface area contributed by atoms with Gasteiger partial charge in [0, 0.05) is 31.0 Å². The highest BCUT2D eigenvalue weighted by molar-refractivity contribution is 5.89. The standard InChI is InChI=1S/C16H18O2.C14H18O4.C12H16O2.C11H18O2/c1-4-13-6-7-15-11-16(9-8-14(15)10-13)18-12(3)17-5-2;1-5-16-11(4)17-12-6-8-13(9-7-12)18-14(15)10(2)3;1-4-11-6-8-12(9-7-11)14-10(3)13-5-2;1-4-11(7-5-6-8-11)13-10(12)9(2)3/h4,6-12H,1,5H2,2-3H3;6-9,11H,2,5H2,1,3-4H3;4,6-10H,1,5H2,2-3H3;2,4-8H2,1,3H3. The zero-order valence-electron chi connectivity index (χ0n) is 39.0. The fraction of sp³-hybridized carbons (Fsp3) is 0.396. The van der Waals surface area contributed by atoms with Crippen molar-refractivity contribution >= 4 is 34.9 Å². The zero-order valence-corrected chi connectivity index (χ0v) is 39.0. The summed E-state index contributed by atoms with van der Waals surface area (Å²) in [6, 6.07) is 26.8. The molecule has 0 N–H and O–H groups in total. The number of rotatable bonds is 19. The number of hydrogen-bond donors (Lipinski definition) is 0. The lowest BCUT2D eigenvalue weighted by molar-refractivity contribution is -0.154. The second kappa shape index (κ2) is 28.8. The molecule has 63 heavy (non-hydrogen) atoms. The maximum absolute atomic E-state index is 11.3. The van der Waals surface area contributed by atoms with Crippen molar-refractivity contribution < 1.29 is 47.5 Å². The van der Waals surface area contributed by atoms with Crippen molar-refractivity contribution in [3.8, 4) is 23.0 Å².